The van der Waals surface area contributed by atoms with Gasteiger partial charge in [0, 0.05) is 61.9 Å². The minimum atomic E-state index is -0.764. The average Bonchev–Trinajstić information content (AvgIpc) is 0.736. The molecule has 0 bridgehead atoms. The van der Waals surface area contributed by atoms with E-state index in [1.807, 2.05) is 206 Å². The van der Waals surface area contributed by atoms with Crippen LogP contribution in [0.1, 0.15) is 261 Å². The van der Waals surface area contributed by atoms with Crippen molar-refractivity contribution < 1.29 is 72.8 Å². The molecule has 0 aliphatic carbocycles. The van der Waals surface area contributed by atoms with Gasteiger partial charge in [0.05, 0.1) is 22.4 Å². The molecule has 1 unspecified atom stereocenters. The molecule has 2 heterocycles. The zero-order valence-corrected chi connectivity index (χ0v) is 87.7. The molecular weight excluding hydrogens is 1750 g/mol. The zero-order chi connectivity index (χ0) is 95.4. The van der Waals surface area contributed by atoms with Gasteiger partial charge in [0.2, 0.25) is 0 Å². The predicted molar refractivity (Wildman–Crippen MR) is 557 cm³/mol. The van der Waals surface area contributed by atoms with Crippen molar-refractivity contribution in [3.8, 4) is 56.5 Å². The number of fused-ring (bicyclic) bond motifs is 2. The fourth-order valence-electron chi connectivity index (χ4n) is 14.7. The number of hydrogen-bond acceptors (Lipinski definition) is 6. The SMILES string of the molecule is CC(C)(C)c1cc(-c2ccc3cccc(-c4cc(C(C)(C)C)cc(C(C)(C)C)c4O)c3n2)c(O)c(C(C)(C)C)c1.CC(C)(C)c1cc(-c2cccc3c2NC(Cc2ccccc2)(c2cc(C(C)(C)C)cc(C(C)(C)C)c2O)C=C3)c(O)c(C(C)(C)C)c1.[CH2-]c1ccccc1.[CH2-]c1ccccc1.[CH2-]c1ccccc1.[CH2-]c1ccccc1.[CH2-]c1ccccc1.[CH2-]c1ccccc1.[Zr+3].[Zr+4]. The summed E-state index contributed by atoms with van der Waals surface area (Å²) in [5.41, 5.74) is 22.4. The second-order valence-electron chi connectivity index (χ2n) is 42.0. The number of nitrogens with one attached hydrogen (secondary N) is 1. The van der Waals surface area contributed by atoms with Gasteiger partial charge in [-0.05, 0) is 113 Å². The van der Waals surface area contributed by atoms with Crippen LogP contribution in [-0.4, -0.2) is 25.4 Å². The van der Waals surface area contributed by atoms with Crippen LogP contribution in [0.25, 0.3) is 50.5 Å². The molecule has 13 aromatic carbocycles. The van der Waals surface area contributed by atoms with E-state index in [9.17, 15) is 20.4 Å². The molecule has 5 N–H and O–H groups in total. The monoisotopic (exact) mass is 1890 g/mol. The first-order valence-electron chi connectivity index (χ1n) is 45.0. The van der Waals surface area contributed by atoms with Crippen molar-refractivity contribution in [3.05, 3.63) is 452 Å². The molecule has 8 heteroatoms. The predicted octanol–water partition coefficient (Wildman–Crippen LogP) is 32.9. The molecule has 0 saturated heterocycles. The van der Waals surface area contributed by atoms with Crippen LogP contribution in [0.3, 0.4) is 0 Å². The molecule has 1 atom stereocenters. The van der Waals surface area contributed by atoms with Gasteiger partial charge in [-0.25, -0.2) is 4.98 Å². The van der Waals surface area contributed by atoms with E-state index in [0.29, 0.717) is 23.7 Å². The Kier molecular flexibility index (Phi) is 38.5. The first-order valence-corrected chi connectivity index (χ1v) is 45.0. The number of phenols is 4. The largest absolute Gasteiger partial charge is 4.00 e. The van der Waals surface area contributed by atoms with E-state index in [0.717, 1.165) is 128 Å². The summed E-state index contributed by atoms with van der Waals surface area (Å²) < 4.78 is 0. The molecule has 14 aromatic rings. The number of rotatable bonds is 6. The van der Waals surface area contributed by atoms with Gasteiger partial charge in [0.25, 0.3) is 0 Å². The van der Waals surface area contributed by atoms with E-state index in [1.54, 1.807) is 0 Å². The van der Waals surface area contributed by atoms with Crippen molar-refractivity contribution in [1.82, 2.24) is 4.98 Å². The van der Waals surface area contributed by atoms with Crippen molar-refractivity contribution >= 4 is 22.7 Å². The molecule has 0 saturated carbocycles. The Morgan fingerprint density at radius 1 is 0.282 bits per heavy atom. The summed E-state index contributed by atoms with van der Waals surface area (Å²) in [7, 11) is 0. The standard InChI is InChI=1S/C44H55NO2.C37H47NO2.6C7H7.2Zr/c1-40(2,3)30-23-33(38(46)34(24-30)42(7,8)9)32-20-16-19-29-21-22-44(45-37(29)32,27-28-17-14-13-15-18-28)36-26-31(41(4,5)6)25-35(39(36)47)43(10,11)12;1-34(2,3)23-18-26(32(39)28(20-23)36(7,8)9)25-15-13-14-22-16-17-30(38-31(22)25)27-19-24(35(4,5)6)21-29(33(27)40)37(10,11)12;6*1-7-5-3-2-4-6-7;;/h13-26,45-47H,27H2,1-12H3;13-21,39-40H,1-12H3;6*2-6H,1H2;;/q;;6*-1;+3;+4. The third-order valence-corrected chi connectivity index (χ3v) is 22.6. The number of anilines is 1. The van der Waals surface area contributed by atoms with Gasteiger partial charge in [-0.2, -0.15) is 148 Å². The topological polar surface area (TPSA) is 106 Å². The number of aromatic nitrogens is 1. The minimum absolute atomic E-state index is 0. The van der Waals surface area contributed by atoms with Crippen LogP contribution in [0.2, 0.25) is 0 Å². The quantitative estimate of drug-likeness (QED) is 0.106. The summed E-state index contributed by atoms with van der Waals surface area (Å²) in [4.78, 5) is 5.18. The maximum Gasteiger partial charge on any atom is 4.00 e. The van der Waals surface area contributed by atoms with E-state index in [-0.39, 0.29) is 101 Å². The molecule has 1 aliphatic rings. The average molecular weight is 1900 g/mol. The fraction of sp³-hybridized carbons (Fsp3) is 0.276. The molecular formula is C123H144N2O4Zr2+. The van der Waals surface area contributed by atoms with Crippen molar-refractivity contribution in [3.63, 3.8) is 0 Å². The molecule has 1 aliphatic heterocycles. The van der Waals surface area contributed by atoms with Crippen molar-refractivity contribution in [1.29, 1.82) is 0 Å². The van der Waals surface area contributed by atoms with Crippen LogP contribution >= 0.6 is 0 Å². The Morgan fingerprint density at radius 3 is 0.878 bits per heavy atom. The van der Waals surface area contributed by atoms with E-state index in [2.05, 4.69) is 328 Å². The number of para-hydroxylation sites is 2. The van der Waals surface area contributed by atoms with Crippen LogP contribution in [0.15, 0.2) is 315 Å². The van der Waals surface area contributed by atoms with Gasteiger partial charge < -0.3 is 25.7 Å². The summed E-state index contributed by atoms with van der Waals surface area (Å²) in [5.74, 6) is 1.22. The van der Waals surface area contributed by atoms with Gasteiger partial charge in [-0.15, -0.1) is 72.8 Å². The Bertz CT molecular complexity index is 5660. The molecule has 0 amide bonds. The van der Waals surface area contributed by atoms with Gasteiger partial charge in [0.15, 0.2) is 0 Å². The second-order valence-corrected chi connectivity index (χ2v) is 42.0. The van der Waals surface area contributed by atoms with Gasteiger partial charge in [-0.3, -0.25) is 0 Å². The number of phenolic OH excluding ortho intramolecular Hbond substituents is 4. The second kappa shape index (κ2) is 46.4. The van der Waals surface area contributed by atoms with E-state index < -0.39 is 5.54 Å². The summed E-state index contributed by atoms with van der Waals surface area (Å²) in [6, 6.07) is 103. The smallest absolute Gasteiger partial charge is 0.507 e. The molecule has 0 fully saturated rings. The summed E-state index contributed by atoms with van der Waals surface area (Å²) in [5, 5.41) is 52.4. The summed E-state index contributed by atoms with van der Waals surface area (Å²) in [6.07, 6.45) is 5.05. The number of aromatic hydroxyl groups is 4. The Labute approximate surface area is 828 Å². The Balaban J connectivity index is 0.000000276. The van der Waals surface area contributed by atoms with Crippen molar-refractivity contribution in [2.24, 2.45) is 0 Å². The molecule has 131 heavy (non-hydrogen) atoms. The van der Waals surface area contributed by atoms with Crippen molar-refractivity contribution in [2.75, 3.05) is 5.32 Å². The van der Waals surface area contributed by atoms with Gasteiger partial charge >= 0.3 is 52.4 Å². The molecule has 6 nitrogen and oxygen atoms in total. The minimum Gasteiger partial charge on any atom is -0.507 e. The summed E-state index contributed by atoms with van der Waals surface area (Å²) in [6.45, 7) is 74.6. The van der Waals surface area contributed by atoms with E-state index in [4.69, 9.17) is 4.98 Å². The van der Waals surface area contributed by atoms with Crippen LogP contribution in [-0.2, 0) is 108 Å². The number of hydrogen-bond donors (Lipinski definition) is 5. The fourth-order valence-corrected chi connectivity index (χ4v) is 14.7. The van der Waals surface area contributed by atoms with Crippen LogP contribution in [0.5, 0.6) is 23.0 Å². The molecule has 1 aromatic heterocycles. The maximum absolute atomic E-state index is 12.2. The normalized spacial score (nSPS) is 12.9. The van der Waals surface area contributed by atoms with Crippen molar-refractivity contribution in [2.45, 2.75) is 221 Å². The zero-order valence-electron chi connectivity index (χ0n) is 82.8. The molecule has 1 radical (unpaired) electrons. The number of pyridine rings is 1. The third-order valence-electron chi connectivity index (χ3n) is 22.6. The van der Waals surface area contributed by atoms with E-state index >= 15 is 0 Å². The van der Waals surface area contributed by atoms with Gasteiger partial charge in [0.1, 0.15) is 23.0 Å². The summed E-state index contributed by atoms with van der Waals surface area (Å²) >= 11 is 0. The number of nitrogens with zero attached hydrogens (tertiary/aromatic N) is 1. The maximum atomic E-state index is 12.2. The van der Waals surface area contributed by atoms with Crippen LogP contribution in [0, 0.1) is 41.5 Å². The Morgan fingerprint density at radius 2 is 0.565 bits per heavy atom. The van der Waals surface area contributed by atoms with Gasteiger partial charge in [-0.1, -0.05) is 312 Å². The first kappa shape index (κ1) is 109. The molecule has 677 valence electrons. The van der Waals surface area contributed by atoms with Crippen LogP contribution < -0.4 is 5.32 Å². The van der Waals surface area contributed by atoms with E-state index in [1.165, 1.54) is 16.7 Å². The third kappa shape index (κ3) is 31.3. The molecule has 0 spiro atoms. The number of benzene rings is 13. The molecule has 15 rings (SSSR count). The Hall–Kier alpha value is -11.0. The first-order chi connectivity index (χ1) is 60.2. The van der Waals surface area contributed by atoms with Crippen LogP contribution in [0.4, 0.5) is 5.69 Å².